The first-order valence-electron chi connectivity index (χ1n) is 8.32. The number of amides is 1. The van der Waals surface area contributed by atoms with Crippen LogP contribution in [0.4, 0.5) is 0 Å². The molecule has 1 saturated carbocycles. The minimum Gasteiger partial charge on any atom is -0.348 e. The van der Waals surface area contributed by atoms with E-state index in [1.165, 1.54) is 34.6 Å². The van der Waals surface area contributed by atoms with E-state index in [0.717, 1.165) is 13.0 Å². The molecule has 22 heavy (non-hydrogen) atoms. The van der Waals surface area contributed by atoms with Gasteiger partial charge in [-0.2, -0.15) is 0 Å². The first-order valence-corrected chi connectivity index (χ1v) is 9.54. The smallest absolute Gasteiger partial charge is 0.275 e. The molecule has 1 aliphatic rings. The van der Waals surface area contributed by atoms with Crippen molar-refractivity contribution in [3.05, 3.63) is 29.8 Å². The average molecular weight is 322 g/mol. The van der Waals surface area contributed by atoms with Crippen molar-refractivity contribution in [2.75, 3.05) is 19.8 Å². The van der Waals surface area contributed by atoms with E-state index in [9.17, 15) is 4.79 Å². The van der Waals surface area contributed by atoms with Crippen LogP contribution in [0.3, 0.4) is 0 Å². The lowest BCUT2D eigenvalue weighted by atomic mass is 9.86. The second kappa shape index (κ2) is 8.59. The van der Waals surface area contributed by atoms with Gasteiger partial charge in [-0.3, -0.25) is 4.79 Å². The van der Waals surface area contributed by atoms with Crippen molar-refractivity contribution in [2.24, 2.45) is 5.92 Å². The molecule has 3 nitrogen and oxygen atoms in total. The van der Waals surface area contributed by atoms with Gasteiger partial charge in [-0.15, -0.1) is 11.8 Å². The zero-order valence-electron chi connectivity index (χ0n) is 14.0. The summed E-state index contributed by atoms with van der Waals surface area (Å²) in [6, 6.07) is 9.01. The Morgan fingerprint density at radius 3 is 2.59 bits per heavy atom. The van der Waals surface area contributed by atoms with E-state index in [0.29, 0.717) is 18.5 Å². The fraction of sp³-hybridized carbons (Fsp3) is 0.611. The van der Waals surface area contributed by atoms with Crippen LogP contribution in [-0.4, -0.2) is 31.8 Å². The van der Waals surface area contributed by atoms with E-state index >= 15 is 0 Å². The molecule has 0 aliphatic heterocycles. The molecule has 3 atom stereocenters. The summed E-state index contributed by atoms with van der Waals surface area (Å²) in [4.78, 5) is 14.7. The molecule has 1 aromatic rings. The average Bonchev–Trinajstić information content (AvgIpc) is 2.50. The summed E-state index contributed by atoms with van der Waals surface area (Å²) in [5.41, 5.74) is 1.29. The zero-order chi connectivity index (χ0) is 15.9. The standard InChI is InChI=1S/C18H28N2OS/c1-14-6-4-5-7-17(14)19-18(21)13-20(2)12-15-8-10-16(22-3)11-9-15/h8-11,14,17H,4-7,12-13H2,1-3H3,(H,19,21)/p+1/t14-,17+/m1/s1. The number of carbonyl (C=O) groups is 1. The van der Waals surface area contributed by atoms with E-state index in [2.05, 4.69) is 49.8 Å². The van der Waals surface area contributed by atoms with Crippen LogP contribution in [0, 0.1) is 5.92 Å². The van der Waals surface area contributed by atoms with Gasteiger partial charge in [0.15, 0.2) is 6.54 Å². The summed E-state index contributed by atoms with van der Waals surface area (Å²) in [6.07, 6.45) is 7.03. The molecule has 0 spiro atoms. The quantitative estimate of drug-likeness (QED) is 0.787. The fourth-order valence-corrected chi connectivity index (χ4v) is 3.63. The minimum absolute atomic E-state index is 0.192. The molecule has 1 aliphatic carbocycles. The summed E-state index contributed by atoms with van der Waals surface area (Å²) in [6.45, 7) is 3.70. The second-order valence-electron chi connectivity index (χ2n) is 6.59. The molecular formula is C18H29N2OS+. The van der Waals surface area contributed by atoms with E-state index in [4.69, 9.17) is 0 Å². The van der Waals surface area contributed by atoms with Gasteiger partial charge in [0.05, 0.1) is 7.05 Å². The maximum Gasteiger partial charge on any atom is 0.275 e. The Morgan fingerprint density at radius 2 is 1.95 bits per heavy atom. The lowest BCUT2D eigenvalue weighted by Crippen LogP contribution is -3.09. The van der Waals surface area contributed by atoms with E-state index in [-0.39, 0.29) is 5.91 Å². The summed E-state index contributed by atoms with van der Waals surface area (Å²) in [5.74, 6) is 0.814. The SMILES string of the molecule is CSc1ccc(C[NH+](C)CC(=O)N[C@H]2CCCC[C@H]2C)cc1. The Labute approximate surface area is 138 Å². The van der Waals surface area contributed by atoms with Gasteiger partial charge in [0.2, 0.25) is 0 Å². The third-order valence-corrected chi connectivity index (χ3v) is 5.33. The predicted octanol–water partition coefficient (Wildman–Crippen LogP) is 2.12. The number of rotatable bonds is 6. The monoisotopic (exact) mass is 321 g/mol. The molecule has 122 valence electrons. The van der Waals surface area contributed by atoms with Crippen molar-refractivity contribution in [1.82, 2.24) is 5.32 Å². The molecule has 1 aromatic carbocycles. The number of likely N-dealkylation sites (N-methyl/N-ethyl adjacent to an activating group) is 1. The highest BCUT2D eigenvalue weighted by Gasteiger charge is 2.23. The molecule has 1 unspecified atom stereocenters. The van der Waals surface area contributed by atoms with Crippen LogP contribution in [0.25, 0.3) is 0 Å². The summed E-state index contributed by atoms with van der Waals surface area (Å²) < 4.78 is 0. The normalized spacial score (nSPS) is 23.0. The zero-order valence-corrected chi connectivity index (χ0v) is 14.8. The van der Waals surface area contributed by atoms with Gasteiger partial charge < -0.3 is 10.2 Å². The molecule has 0 radical (unpaired) electrons. The molecule has 1 amide bonds. The largest absolute Gasteiger partial charge is 0.348 e. The van der Waals surface area contributed by atoms with Gasteiger partial charge in [0.25, 0.3) is 5.91 Å². The number of hydrogen-bond donors (Lipinski definition) is 2. The van der Waals surface area contributed by atoms with Gasteiger partial charge in [-0.05, 0) is 37.1 Å². The molecule has 4 heteroatoms. The van der Waals surface area contributed by atoms with Gasteiger partial charge in [0.1, 0.15) is 6.54 Å². The number of nitrogens with one attached hydrogen (secondary N) is 2. The Kier molecular flexibility index (Phi) is 6.77. The highest BCUT2D eigenvalue weighted by atomic mass is 32.2. The summed E-state index contributed by atoms with van der Waals surface area (Å²) in [5, 5.41) is 3.24. The molecule has 0 saturated heterocycles. The van der Waals surface area contributed by atoms with Crippen molar-refractivity contribution in [3.63, 3.8) is 0 Å². The Balaban J connectivity index is 1.77. The molecule has 2 rings (SSSR count). The van der Waals surface area contributed by atoms with Crippen LogP contribution >= 0.6 is 11.8 Å². The second-order valence-corrected chi connectivity index (χ2v) is 7.47. The maximum atomic E-state index is 12.2. The maximum absolute atomic E-state index is 12.2. The van der Waals surface area contributed by atoms with E-state index in [1.807, 2.05) is 0 Å². The lowest BCUT2D eigenvalue weighted by molar-refractivity contribution is -0.885. The van der Waals surface area contributed by atoms with Crippen LogP contribution in [0.15, 0.2) is 29.2 Å². The molecule has 0 heterocycles. The third kappa shape index (κ3) is 5.33. The van der Waals surface area contributed by atoms with E-state index in [1.54, 1.807) is 11.8 Å². The van der Waals surface area contributed by atoms with Crippen molar-refractivity contribution >= 4 is 17.7 Å². The van der Waals surface area contributed by atoms with Crippen molar-refractivity contribution in [2.45, 2.75) is 50.1 Å². The number of thioether (sulfide) groups is 1. The highest BCUT2D eigenvalue weighted by Crippen LogP contribution is 2.23. The summed E-state index contributed by atoms with van der Waals surface area (Å²) in [7, 11) is 2.09. The van der Waals surface area contributed by atoms with Gasteiger partial charge in [-0.1, -0.05) is 31.9 Å². The third-order valence-electron chi connectivity index (χ3n) is 4.59. The number of hydrogen-bond acceptors (Lipinski definition) is 2. The summed E-state index contributed by atoms with van der Waals surface area (Å²) >= 11 is 1.76. The first kappa shape index (κ1) is 17.4. The molecular weight excluding hydrogens is 292 g/mol. The fourth-order valence-electron chi connectivity index (χ4n) is 3.22. The number of quaternary nitrogens is 1. The number of benzene rings is 1. The Hall–Kier alpha value is -1.00. The first-order chi connectivity index (χ1) is 10.6. The topological polar surface area (TPSA) is 33.5 Å². The van der Waals surface area contributed by atoms with Crippen molar-refractivity contribution < 1.29 is 9.69 Å². The van der Waals surface area contributed by atoms with Crippen LogP contribution in [0.5, 0.6) is 0 Å². The van der Waals surface area contributed by atoms with E-state index < -0.39 is 0 Å². The predicted molar refractivity (Wildman–Crippen MR) is 93.2 cm³/mol. The van der Waals surface area contributed by atoms with Crippen LogP contribution in [-0.2, 0) is 11.3 Å². The molecule has 2 N–H and O–H groups in total. The Bertz CT molecular complexity index is 474. The van der Waals surface area contributed by atoms with Gasteiger partial charge >= 0.3 is 0 Å². The van der Waals surface area contributed by atoms with Crippen LogP contribution in [0.2, 0.25) is 0 Å². The molecule has 0 bridgehead atoms. The van der Waals surface area contributed by atoms with Crippen LogP contribution in [0.1, 0.15) is 38.2 Å². The minimum atomic E-state index is 0.192. The molecule has 1 fully saturated rings. The number of carbonyl (C=O) groups excluding carboxylic acids is 1. The van der Waals surface area contributed by atoms with Gasteiger partial charge in [-0.25, -0.2) is 0 Å². The van der Waals surface area contributed by atoms with Crippen molar-refractivity contribution in [1.29, 1.82) is 0 Å². The lowest BCUT2D eigenvalue weighted by Gasteiger charge is -2.29. The Morgan fingerprint density at radius 1 is 1.27 bits per heavy atom. The highest BCUT2D eigenvalue weighted by molar-refractivity contribution is 7.98. The van der Waals surface area contributed by atoms with Crippen LogP contribution < -0.4 is 10.2 Å². The molecule has 0 aromatic heterocycles. The van der Waals surface area contributed by atoms with Crippen molar-refractivity contribution in [3.8, 4) is 0 Å². The van der Waals surface area contributed by atoms with Gasteiger partial charge in [0, 0.05) is 16.5 Å².